The zero-order valence-corrected chi connectivity index (χ0v) is 18.7. The van der Waals surface area contributed by atoms with Crippen LogP contribution in [0, 0.1) is 0 Å². The largest absolute Gasteiger partial charge is 1.00 e. The van der Waals surface area contributed by atoms with Gasteiger partial charge in [-0.25, -0.2) is 8.42 Å². The van der Waals surface area contributed by atoms with Crippen LogP contribution in [0.4, 0.5) is 0 Å². The Morgan fingerprint density at radius 3 is 1.50 bits per heavy atom. The maximum Gasteiger partial charge on any atom is 1.00 e. The molecule has 0 amide bonds. The second-order valence-electron chi connectivity index (χ2n) is 4.90. The van der Waals surface area contributed by atoms with E-state index in [-0.39, 0.29) is 42.3 Å². The number of quaternary nitrogens is 1. The Morgan fingerprint density at radius 1 is 0.917 bits per heavy atom. The van der Waals surface area contributed by atoms with E-state index in [0.29, 0.717) is 6.42 Å². The number of rotatable bonds is 12. The Morgan fingerprint density at radius 2 is 1.21 bits per heavy atom. The molecule has 6 N–H and O–H groups in total. The van der Waals surface area contributed by atoms with Gasteiger partial charge in [0.25, 0.3) is 7.82 Å². The molecule has 0 saturated carbocycles. The average molecular weight is 403 g/mol. The Balaban J connectivity index is -0.000000250. The summed E-state index contributed by atoms with van der Waals surface area (Å²) in [6.07, 6.45) is 11.7. The van der Waals surface area contributed by atoms with Crippen LogP contribution in [0.2, 0.25) is 0 Å². The minimum absolute atomic E-state index is 0. The van der Waals surface area contributed by atoms with Crippen molar-refractivity contribution in [2.45, 2.75) is 71.1 Å². The minimum Gasteiger partial charge on any atom is -0.756 e. The molecule has 0 aliphatic rings. The van der Waals surface area contributed by atoms with Gasteiger partial charge in [0, 0.05) is 0 Å². The SMILES string of the molecule is CCCCCCCCCCCCOS(=O)(=O)[O-].O=P([O-])(O)O.[NH4+].[Na+]. The Labute approximate surface area is 167 Å². The normalized spacial score (nSPS) is 10.9. The summed E-state index contributed by atoms with van der Waals surface area (Å²) in [5.41, 5.74) is 0. The van der Waals surface area contributed by atoms with Gasteiger partial charge < -0.3 is 25.4 Å². The summed E-state index contributed by atoms with van der Waals surface area (Å²) in [6, 6.07) is 0. The Bertz CT molecular complexity index is 382. The van der Waals surface area contributed by atoms with Gasteiger partial charge in [0.1, 0.15) is 0 Å². The predicted molar refractivity (Wildman–Crippen MR) is 85.5 cm³/mol. The molecule has 0 saturated heterocycles. The molecule has 0 aliphatic heterocycles. The first-order chi connectivity index (χ1) is 10.1. The number of hydrogen-bond donors (Lipinski definition) is 3. The quantitative estimate of drug-likeness (QED) is 0.124. The van der Waals surface area contributed by atoms with Crippen LogP contribution in [0.1, 0.15) is 71.1 Å². The van der Waals surface area contributed by atoms with E-state index >= 15 is 0 Å². The first-order valence-electron chi connectivity index (χ1n) is 7.43. The van der Waals surface area contributed by atoms with E-state index in [4.69, 9.17) is 19.2 Å². The van der Waals surface area contributed by atoms with E-state index in [9.17, 15) is 13.0 Å². The fraction of sp³-hybridized carbons (Fsp3) is 1.00. The molecule has 12 heteroatoms. The smallest absolute Gasteiger partial charge is 0.756 e. The van der Waals surface area contributed by atoms with Crippen molar-refractivity contribution in [1.29, 1.82) is 0 Å². The van der Waals surface area contributed by atoms with Crippen molar-refractivity contribution in [1.82, 2.24) is 6.15 Å². The molecule has 0 unspecified atom stereocenters. The summed E-state index contributed by atoms with van der Waals surface area (Å²) in [5, 5.41) is 0. The first-order valence-corrected chi connectivity index (χ1v) is 10.3. The summed E-state index contributed by atoms with van der Waals surface area (Å²) in [7, 11) is -9.37. The van der Waals surface area contributed by atoms with Crippen molar-refractivity contribution >= 4 is 18.2 Å². The Hall–Kier alpha value is 0.940. The molecule has 0 fully saturated rings. The van der Waals surface area contributed by atoms with Gasteiger partial charge in [-0.3, -0.25) is 8.75 Å². The molecule has 0 aliphatic carbocycles. The van der Waals surface area contributed by atoms with Gasteiger partial charge in [-0.2, -0.15) is 0 Å². The van der Waals surface area contributed by atoms with Gasteiger partial charge >= 0.3 is 29.6 Å². The third kappa shape index (κ3) is 49.5. The fourth-order valence-electron chi connectivity index (χ4n) is 1.75. The predicted octanol–water partition coefficient (Wildman–Crippen LogP) is -0.796. The van der Waals surface area contributed by atoms with Crippen molar-refractivity contribution in [3.05, 3.63) is 0 Å². The van der Waals surface area contributed by atoms with Crippen LogP contribution in [0.15, 0.2) is 0 Å². The number of phosphoric acid groups is 1. The van der Waals surface area contributed by atoms with Crippen molar-refractivity contribution < 1.29 is 66.0 Å². The number of hydrogen-bond acceptors (Lipinski definition) is 6. The van der Waals surface area contributed by atoms with Crippen molar-refractivity contribution in [2.75, 3.05) is 6.61 Å². The summed E-state index contributed by atoms with van der Waals surface area (Å²) in [5.74, 6) is 0. The maximum absolute atomic E-state index is 10.1. The van der Waals surface area contributed by atoms with E-state index in [2.05, 4.69) is 11.1 Å². The molecular formula is C12H31NNaO8PS. The van der Waals surface area contributed by atoms with Crippen LogP contribution in [-0.4, -0.2) is 29.4 Å². The van der Waals surface area contributed by atoms with Gasteiger partial charge in [-0.15, -0.1) is 0 Å². The van der Waals surface area contributed by atoms with Crippen LogP contribution < -0.4 is 40.6 Å². The summed E-state index contributed by atoms with van der Waals surface area (Å²) >= 11 is 0. The van der Waals surface area contributed by atoms with Gasteiger partial charge in [-0.1, -0.05) is 64.7 Å². The summed E-state index contributed by atoms with van der Waals surface area (Å²) in [4.78, 5) is 22.9. The topological polar surface area (TPSA) is 184 Å². The van der Waals surface area contributed by atoms with Crippen LogP contribution in [0.3, 0.4) is 0 Å². The van der Waals surface area contributed by atoms with E-state index < -0.39 is 18.2 Å². The van der Waals surface area contributed by atoms with Crippen LogP contribution >= 0.6 is 7.82 Å². The molecule has 0 spiro atoms. The summed E-state index contributed by atoms with van der Waals surface area (Å²) < 4.78 is 43.2. The molecule has 144 valence electrons. The molecular weight excluding hydrogens is 372 g/mol. The molecule has 9 nitrogen and oxygen atoms in total. The second kappa shape index (κ2) is 20.3. The van der Waals surface area contributed by atoms with Crippen LogP contribution in [0.25, 0.3) is 0 Å². The Kier molecular flexibility index (Phi) is 27.5. The average Bonchev–Trinajstić information content (AvgIpc) is 2.32. The second-order valence-corrected chi connectivity index (χ2v) is 6.94. The van der Waals surface area contributed by atoms with E-state index in [1.165, 1.54) is 44.9 Å². The van der Waals surface area contributed by atoms with Gasteiger partial charge in [0.2, 0.25) is 10.4 Å². The molecule has 0 bridgehead atoms. The van der Waals surface area contributed by atoms with Crippen LogP contribution in [-0.2, 0) is 19.1 Å². The van der Waals surface area contributed by atoms with Crippen molar-refractivity contribution in [2.24, 2.45) is 0 Å². The first kappa shape index (κ1) is 32.6. The van der Waals surface area contributed by atoms with Crippen molar-refractivity contribution in [3.63, 3.8) is 0 Å². The molecule has 0 heterocycles. The third-order valence-electron chi connectivity index (χ3n) is 2.73. The third-order valence-corrected chi connectivity index (χ3v) is 3.18. The monoisotopic (exact) mass is 403 g/mol. The standard InChI is InChI=1S/C12H26O4S.H3N.Na.H3O4P/c1-2-3-4-5-6-7-8-9-10-11-12-16-17(13,14)15;;;1-5(2,3)4/h2-12H2,1H3,(H,13,14,15);1H3;;(H3,1,2,3,4)/q;;+1;/p-1. The van der Waals surface area contributed by atoms with E-state index in [0.717, 1.165) is 12.8 Å². The van der Waals surface area contributed by atoms with E-state index in [1.54, 1.807) is 0 Å². The number of unbranched alkanes of at least 4 members (excludes halogenated alkanes) is 9. The molecule has 0 aromatic carbocycles. The zero-order valence-electron chi connectivity index (χ0n) is 15.0. The zero-order chi connectivity index (χ0) is 17.5. The van der Waals surface area contributed by atoms with Gasteiger partial charge in [0.05, 0.1) is 6.61 Å². The fourth-order valence-corrected chi connectivity index (χ4v) is 2.07. The molecule has 0 atom stereocenters. The summed E-state index contributed by atoms with van der Waals surface area (Å²) in [6.45, 7) is 2.24. The van der Waals surface area contributed by atoms with Crippen LogP contribution in [0.5, 0.6) is 0 Å². The van der Waals surface area contributed by atoms with E-state index in [1.807, 2.05) is 0 Å². The van der Waals surface area contributed by atoms with Gasteiger partial charge in [-0.05, 0) is 6.42 Å². The molecule has 0 radical (unpaired) electrons. The maximum atomic E-state index is 10.1. The molecule has 24 heavy (non-hydrogen) atoms. The molecule has 0 aromatic rings. The van der Waals surface area contributed by atoms with Crippen molar-refractivity contribution in [3.8, 4) is 0 Å². The minimum atomic E-state index is -4.89. The van der Waals surface area contributed by atoms with Gasteiger partial charge in [0.15, 0.2) is 0 Å². The molecule has 0 aromatic heterocycles. The molecule has 0 rings (SSSR count).